The van der Waals surface area contributed by atoms with Crippen molar-refractivity contribution in [2.24, 2.45) is 5.92 Å². The van der Waals surface area contributed by atoms with Crippen LogP contribution in [0.5, 0.6) is 0 Å². The van der Waals surface area contributed by atoms with Crippen molar-refractivity contribution >= 4 is 10.0 Å². The number of aryl methyl sites for hydroxylation is 2. The van der Waals surface area contributed by atoms with Gasteiger partial charge in [0, 0.05) is 13.6 Å². The molecule has 2 heterocycles. The van der Waals surface area contributed by atoms with Crippen molar-refractivity contribution in [1.29, 1.82) is 0 Å². The monoisotopic (exact) mass is 300 g/mol. The minimum absolute atomic E-state index is 0.324. The molecule has 1 saturated heterocycles. The first-order chi connectivity index (χ1) is 9.43. The zero-order valence-electron chi connectivity index (χ0n) is 12.4. The van der Waals surface area contributed by atoms with E-state index in [4.69, 9.17) is 0 Å². The smallest absolute Gasteiger partial charge is 0.246 e. The maximum Gasteiger partial charge on any atom is 0.246 e. The van der Waals surface area contributed by atoms with E-state index in [9.17, 15) is 8.42 Å². The van der Waals surface area contributed by atoms with Crippen LogP contribution in [0, 0.1) is 19.8 Å². The molecular formula is C13H24N4O2S. The van der Waals surface area contributed by atoms with E-state index in [1.54, 1.807) is 20.9 Å². The Labute approximate surface area is 121 Å². The number of hydrogen-bond donors (Lipinski definition) is 2. The number of nitrogens with one attached hydrogen (secondary N) is 2. The van der Waals surface area contributed by atoms with E-state index in [2.05, 4.69) is 15.5 Å². The van der Waals surface area contributed by atoms with Crippen molar-refractivity contribution in [1.82, 2.24) is 19.8 Å². The molecule has 114 valence electrons. The molecule has 1 aromatic rings. The molecule has 0 unspecified atom stereocenters. The highest BCUT2D eigenvalue weighted by Gasteiger charge is 2.27. The number of piperidine rings is 1. The first-order valence-electron chi connectivity index (χ1n) is 7.11. The molecule has 0 aliphatic carbocycles. The number of sulfonamides is 1. The van der Waals surface area contributed by atoms with Crippen LogP contribution >= 0.6 is 0 Å². The standard InChI is InChI=1S/C13H24N4O2S/c1-10-13(11(2)16-15-10)20(18,19)17(3)9-6-12-4-7-14-8-5-12/h12,14H,4-9H2,1-3H3,(H,15,16). The quantitative estimate of drug-likeness (QED) is 0.851. The molecule has 6 nitrogen and oxygen atoms in total. The lowest BCUT2D eigenvalue weighted by molar-refractivity contribution is 0.326. The summed E-state index contributed by atoms with van der Waals surface area (Å²) in [6.45, 7) is 6.11. The van der Waals surface area contributed by atoms with Crippen LogP contribution in [0.3, 0.4) is 0 Å². The normalized spacial score (nSPS) is 17.8. The maximum atomic E-state index is 12.6. The molecule has 0 amide bonds. The molecular weight excluding hydrogens is 276 g/mol. The zero-order chi connectivity index (χ0) is 14.8. The minimum Gasteiger partial charge on any atom is -0.317 e. The molecule has 1 aliphatic rings. The van der Waals surface area contributed by atoms with Crippen LogP contribution in [-0.4, -0.2) is 49.6 Å². The van der Waals surface area contributed by atoms with Crippen molar-refractivity contribution in [3.8, 4) is 0 Å². The van der Waals surface area contributed by atoms with Gasteiger partial charge in [0.05, 0.1) is 11.4 Å². The largest absolute Gasteiger partial charge is 0.317 e. The number of hydrogen-bond acceptors (Lipinski definition) is 4. The van der Waals surface area contributed by atoms with Crippen LogP contribution in [0.15, 0.2) is 4.90 Å². The molecule has 1 aliphatic heterocycles. The summed E-state index contributed by atoms with van der Waals surface area (Å²) in [5.41, 5.74) is 1.15. The molecule has 1 aromatic heterocycles. The summed E-state index contributed by atoms with van der Waals surface area (Å²) < 4.78 is 26.6. The SMILES string of the molecule is Cc1n[nH]c(C)c1S(=O)(=O)N(C)CCC1CCNCC1. The predicted molar refractivity (Wildman–Crippen MR) is 78.1 cm³/mol. The summed E-state index contributed by atoms with van der Waals surface area (Å²) in [5, 5.41) is 10.0. The molecule has 7 heteroatoms. The van der Waals surface area contributed by atoms with Gasteiger partial charge in [-0.15, -0.1) is 0 Å². The van der Waals surface area contributed by atoms with Gasteiger partial charge in [-0.25, -0.2) is 12.7 Å². The minimum atomic E-state index is -3.43. The average Bonchev–Trinajstić information content (AvgIpc) is 2.77. The van der Waals surface area contributed by atoms with Crippen LogP contribution in [0.2, 0.25) is 0 Å². The van der Waals surface area contributed by atoms with Crippen LogP contribution in [-0.2, 0) is 10.0 Å². The topological polar surface area (TPSA) is 78.1 Å². The molecule has 0 spiro atoms. The van der Waals surface area contributed by atoms with Crippen molar-refractivity contribution in [3.05, 3.63) is 11.4 Å². The van der Waals surface area contributed by atoms with E-state index in [1.165, 1.54) is 4.31 Å². The van der Waals surface area contributed by atoms with E-state index in [0.29, 0.717) is 28.7 Å². The van der Waals surface area contributed by atoms with Crippen LogP contribution < -0.4 is 5.32 Å². The second-order valence-corrected chi connectivity index (χ2v) is 7.55. The molecule has 0 radical (unpaired) electrons. The first-order valence-corrected chi connectivity index (χ1v) is 8.55. The molecule has 2 rings (SSSR count). The summed E-state index contributed by atoms with van der Waals surface area (Å²) in [6, 6.07) is 0. The maximum absolute atomic E-state index is 12.6. The van der Waals surface area contributed by atoms with Crippen molar-refractivity contribution < 1.29 is 8.42 Å². The first kappa shape index (κ1) is 15.5. The van der Waals surface area contributed by atoms with Crippen molar-refractivity contribution in [2.75, 3.05) is 26.7 Å². The molecule has 0 aromatic carbocycles. The van der Waals surface area contributed by atoms with Gasteiger partial charge in [-0.3, -0.25) is 5.10 Å². The van der Waals surface area contributed by atoms with Gasteiger partial charge in [0.15, 0.2) is 0 Å². The van der Waals surface area contributed by atoms with Gasteiger partial charge in [0.25, 0.3) is 0 Å². The fraction of sp³-hybridized carbons (Fsp3) is 0.769. The fourth-order valence-corrected chi connectivity index (χ4v) is 4.24. The highest BCUT2D eigenvalue weighted by atomic mass is 32.2. The Hall–Kier alpha value is -0.920. The number of aromatic nitrogens is 2. The van der Waals surface area contributed by atoms with Crippen LogP contribution in [0.4, 0.5) is 0 Å². The molecule has 0 atom stereocenters. The third-order valence-corrected chi connectivity index (χ3v) is 6.16. The van der Waals surface area contributed by atoms with Crippen molar-refractivity contribution in [3.63, 3.8) is 0 Å². The molecule has 0 saturated carbocycles. The van der Waals surface area contributed by atoms with Gasteiger partial charge in [-0.1, -0.05) is 0 Å². The number of aromatic amines is 1. The third-order valence-electron chi connectivity index (χ3n) is 4.04. The van der Waals surface area contributed by atoms with Crippen molar-refractivity contribution in [2.45, 2.75) is 38.0 Å². The highest BCUT2D eigenvalue weighted by Crippen LogP contribution is 2.22. The average molecular weight is 300 g/mol. The van der Waals surface area contributed by atoms with Gasteiger partial charge in [-0.2, -0.15) is 5.10 Å². The second kappa shape index (κ2) is 6.24. The fourth-order valence-electron chi connectivity index (χ4n) is 2.73. The lowest BCUT2D eigenvalue weighted by Gasteiger charge is -2.25. The van der Waals surface area contributed by atoms with Gasteiger partial charge < -0.3 is 5.32 Å². The Bertz CT molecular complexity index is 527. The summed E-state index contributed by atoms with van der Waals surface area (Å²) in [5.74, 6) is 0.625. The number of rotatable bonds is 5. The highest BCUT2D eigenvalue weighted by molar-refractivity contribution is 7.89. The van der Waals surface area contributed by atoms with E-state index >= 15 is 0 Å². The van der Waals surface area contributed by atoms with Crippen LogP contribution in [0.1, 0.15) is 30.7 Å². The van der Waals surface area contributed by atoms with Gasteiger partial charge in [0.1, 0.15) is 4.90 Å². The van der Waals surface area contributed by atoms with E-state index in [-0.39, 0.29) is 0 Å². The summed E-state index contributed by atoms with van der Waals surface area (Å²) in [6.07, 6.45) is 3.20. The Morgan fingerprint density at radius 2 is 1.95 bits per heavy atom. The lowest BCUT2D eigenvalue weighted by Crippen LogP contribution is -2.33. The Morgan fingerprint density at radius 1 is 1.30 bits per heavy atom. The van der Waals surface area contributed by atoms with E-state index < -0.39 is 10.0 Å². The Balaban J connectivity index is 2.02. The second-order valence-electron chi connectivity index (χ2n) is 5.57. The zero-order valence-corrected chi connectivity index (χ0v) is 13.3. The van der Waals surface area contributed by atoms with Gasteiger partial charge >= 0.3 is 0 Å². The Morgan fingerprint density at radius 3 is 2.50 bits per heavy atom. The number of H-pyrrole nitrogens is 1. The molecule has 20 heavy (non-hydrogen) atoms. The third kappa shape index (κ3) is 3.21. The predicted octanol–water partition coefficient (Wildman–Crippen LogP) is 1.04. The lowest BCUT2D eigenvalue weighted by atomic mass is 9.95. The van der Waals surface area contributed by atoms with E-state index in [1.807, 2.05) is 0 Å². The summed E-state index contributed by atoms with van der Waals surface area (Å²) >= 11 is 0. The summed E-state index contributed by atoms with van der Waals surface area (Å²) in [4.78, 5) is 0.324. The number of nitrogens with zero attached hydrogens (tertiary/aromatic N) is 2. The van der Waals surface area contributed by atoms with Gasteiger partial charge in [-0.05, 0) is 52.1 Å². The Kier molecular flexibility index (Phi) is 4.82. The summed E-state index contributed by atoms with van der Waals surface area (Å²) in [7, 11) is -1.78. The van der Waals surface area contributed by atoms with Gasteiger partial charge in [0.2, 0.25) is 10.0 Å². The molecule has 1 fully saturated rings. The van der Waals surface area contributed by atoms with Crippen LogP contribution in [0.25, 0.3) is 0 Å². The van der Waals surface area contributed by atoms with E-state index in [0.717, 1.165) is 32.4 Å². The molecule has 0 bridgehead atoms. The molecule has 2 N–H and O–H groups in total.